The van der Waals surface area contributed by atoms with Crippen molar-refractivity contribution in [2.45, 2.75) is 26.4 Å². The third-order valence-electron chi connectivity index (χ3n) is 2.32. The Kier molecular flexibility index (Phi) is 4.85. The third-order valence-corrected chi connectivity index (χ3v) is 2.32. The number of carbonyl (C=O) groups excluding carboxylic acids is 3. The van der Waals surface area contributed by atoms with Crippen LogP contribution in [0.5, 0.6) is 5.75 Å². The predicted octanol–water partition coefficient (Wildman–Crippen LogP) is 2.41. The number of anilines is 1. The highest BCUT2D eigenvalue weighted by Crippen LogP contribution is 2.25. The molecular weight excluding hydrogens is 262 g/mol. The molecule has 2 amide bonds. The molecule has 1 aromatic carbocycles. The van der Waals surface area contributed by atoms with Gasteiger partial charge < -0.3 is 9.47 Å². The summed E-state index contributed by atoms with van der Waals surface area (Å²) in [7, 11) is 1.45. The summed E-state index contributed by atoms with van der Waals surface area (Å²) < 4.78 is 10.1. The second-order valence-electron chi connectivity index (χ2n) is 5.00. The van der Waals surface area contributed by atoms with Gasteiger partial charge >= 0.3 is 6.09 Å². The number of hydrogen-bond donors (Lipinski definition) is 0. The Morgan fingerprint density at radius 1 is 1.25 bits per heavy atom. The molecule has 0 spiro atoms. The van der Waals surface area contributed by atoms with E-state index in [0.29, 0.717) is 18.4 Å². The van der Waals surface area contributed by atoms with E-state index in [2.05, 4.69) is 0 Å². The molecule has 0 heterocycles. The van der Waals surface area contributed by atoms with Gasteiger partial charge in [-0.15, -0.1) is 0 Å². The number of rotatable bonds is 4. The zero-order chi connectivity index (χ0) is 15.3. The standard InChI is InChI=1S/C14H17NO5/c1-14(2,3)20-13(18)15(9-17)12-6-5-11(19-4)7-10(12)8-16/h5-9H,1-4H3. The van der Waals surface area contributed by atoms with E-state index in [1.165, 1.54) is 19.2 Å². The maximum absolute atomic E-state index is 11.9. The Morgan fingerprint density at radius 2 is 1.90 bits per heavy atom. The number of ether oxygens (including phenoxy) is 2. The van der Waals surface area contributed by atoms with Gasteiger partial charge in [0.05, 0.1) is 12.8 Å². The van der Waals surface area contributed by atoms with Crippen LogP contribution < -0.4 is 9.64 Å². The molecule has 6 nitrogen and oxygen atoms in total. The number of benzene rings is 1. The molecule has 0 aliphatic rings. The Labute approximate surface area is 117 Å². The lowest BCUT2D eigenvalue weighted by Crippen LogP contribution is -2.36. The predicted molar refractivity (Wildman–Crippen MR) is 73.2 cm³/mol. The van der Waals surface area contributed by atoms with Crippen molar-refractivity contribution in [3.63, 3.8) is 0 Å². The fourth-order valence-electron chi connectivity index (χ4n) is 1.48. The van der Waals surface area contributed by atoms with E-state index in [1.54, 1.807) is 26.8 Å². The van der Waals surface area contributed by atoms with E-state index in [-0.39, 0.29) is 11.3 Å². The van der Waals surface area contributed by atoms with E-state index in [4.69, 9.17) is 9.47 Å². The quantitative estimate of drug-likeness (QED) is 0.791. The van der Waals surface area contributed by atoms with Crippen LogP contribution in [0.1, 0.15) is 31.1 Å². The van der Waals surface area contributed by atoms with Crippen molar-refractivity contribution in [1.82, 2.24) is 0 Å². The molecule has 0 fully saturated rings. The minimum Gasteiger partial charge on any atom is -0.497 e. The summed E-state index contributed by atoms with van der Waals surface area (Å²) in [5.41, 5.74) is -0.445. The average Bonchev–Trinajstić information content (AvgIpc) is 2.37. The maximum atomic E-state index is 11.9. The van der Waals surface area contributed by atoms with Crippen LogP contribution in [0.4, 0.5) is 10.5 Å². The highest BCUT2D eigenvalue weighted by Gasteiger charge is 2.24. The third kappa shape index (κ3) is 3.81. The van der Waals surface area contributed by atoms with Gasteiger partial charge in [0.15, 0.2) is 6.29 Å². The van der Waals surface area contributed by atoms with Crippen molar-refractivity contribution in [3.8, 4) is 5.75 Å². The van der Waals surface area contributed by atoms with Gasteiger partial charge in [0.25, 0.3) is 0 Å². The molecule has 0 unspecified atom stereocenters. The van der Waals surface area contributed by atoms with E-state index in [9.17, 15) is 14.4 Å². The summed E-state index contributed by atoms with van der Waals surface area (Å²) in [5, 5.41) is 0. The Hall–Kier alpha value is -2.37. The van der Waals surface area contributed by atoms with E-state index in [0.717, 1.165) is 4.90 Å². The first-order valence-electron chi connectivity index (χ1n) is 5.93. The molecule has 0 saturated heterocycles. The van der Waals surface area contributed by atoms with Crippen molar-refractivity contribution >= 4 is 24.5 Å². The van der Waals surface area contributed by atoms with Gasteiger partial charge in [-0.05, 0) is 39.0 Å². The van der Waals surface area contributed by atoms with Crippen molar-refractivity contribution in [3.05, 3.63) is 23.8 Å². The molecule has 0 aliphatic carbocycles. The van der Waals surface area contributed by atoms with Crippen LogP contribution in [0.25, 0.3) is 0 Å². The minimum atomic E-state index is -0.847. The van der Waals surface area contributed by atoms with E-state index < -0.39 is 11.7 Å². The van der Waals surface area contributed by atoms with Crippen LogP contribution in [0.3, 0.4) is 0 Å². The summed E-state index contributed by atoms with van der Waals surface area (Å²) in [6.07, 6.45) is 0.00230. The van der Waals surface area contributed by atoms with Crippen molar-refractivity contribution in [2.75, 3.05) is 12.0 Å². The van der Waals surface area contributed by atoms with Gasteiger partial charge in [-0.1, -0.05) is 0 Å². The molecule has 1 aromatic rings. The molecule has 0 aromatic heterocycles. The molecule has 0 aliphatic heterocycles. The van der Waals surface area contributed by atoms with Gasteiger partial charge in [0, 0.05) is 5.56 Å². The number of methoxy groups -OCH3 is 1. The monoisotopic (exact) mass is 279 g/mol. The first kappa shape index (κ1) is 15.7. The number of imide groups is 1. The topological polar surface area (TPSA) is 72.9 Å². The fourth-order valence-corrected chi connectivity index (χ4v) is 1.48. The Morgan fingerprint density at radius 3 is 2.35 bits per heavy atom. The van der Waals surface area contributed by atoms with Crippen LogP contribution in [-0.4, -0.2) is 31.5 Å². The average molecular weight is 279 g/mol. The number of aldehydes is 1. The molecule has 0 saturated carbocycles. The summed E-state index contributed by atoms with van der Waals surface area (Å²) in [6, 6.07) is 4.42. The van der Waals surface area contributed by atoms with E-state index >= 15 is 0 Å². The lowest BCUT2D eigenvalue weighted by molar-refractivity contribution is -0.107. The van der Waals surface area contributed by atoms with Crippen LogP contribution in [0.15, 0.2) is 18.2 Å². The van der Waals surface area contributed by atoms with Crippen molar-refractivity contribution < 1.29 is 23.9 Å². The smallest absolute Gasteiger partial charge is 0.421 e. The summed E-state index contributed by atoms with van der Waals surface area (Å²) in [4.78, 5) is 34.9. The summed E-state index contributed by atoms with van der Waals surface area (Å²) in [6.45, 7) is 5.05. The van der Waals surface area contributed by atoms with Crippen LogP contribution in [-0.2, 0) is 9.53 Å². The maximum Gasteiger partial charge on any atom is 0.421 e. The second kappa shape index (κ2) is 6.18. The first-order chi connectivity index (χ1) is 9.32. The van der Waals surface area contributed by atoms with Gasteiger partial charge in [0.2, 0.25) is 6.41 Å². The molecule has 0 N–H and O–H groups in total. The van der Waals surface area contributed by atoms with Crippen LogP contribution in [0.2, 0.25) is 0 Å². The fraction of sp³-hybridized carbons (Fsp3) is 0.357. The number of nitrogens with zero attached hydrogens (tertiary/aromatic N) is 1. The van der Waals surface area contributed by atoms with Gasteiger partial charge in [0.1, 0.15) is 11.4 Å². The Bertz CT molecular complexity index is 519. The van der Waals surface area contributed by atoms with Crippen molar-refractivity contribution in [2.24, 2.45) is 0 Å². The highest BCUT2D eigenvalue weighted by molar-refractivity contribution is 6.07. The first-order valence-corrected chi connectivity index (χ1v) is 5.93. The normalized spacial score (nSPS) is 10.6. The zero-order valence-corrected chi connectivity index (χ0v) is 11.9. The second-order valence-corrected chi connectivity index (χ2v) is 5.00. The SMILES string of the molecule is COc1ccc(N(C=O)C(=O)OC(C)(C)C)c(C=O)c1. The van der Waals surface area contributed by atoms with E-state index in [1.807, 2.05) is 0 Å². The number of amides is 2. The highest BCUT2D eigenvalue weighted by atomic mass is 16.6. The zero-order valence-electron chi connectivity index (χ0n) is 11.9. The summed E-state index contributed by atoms with van der Waals surface area (Å²) >= 11 is 0. The largest absolute Gasteiger partial charge is 0.497 e. The molecular formula is C14H17NO5. The molecule has 0 atom stereocenters. The number of hydrogen-bond acceptors (Lipinski definition) is 5. The molecule has 108 valence electrons. The minimum absolute atomic E-state index is 0.144. The summed E-state index contributed by atoms with van der Waals surface area (Å²) in [5.74, 6) is 0.450. The molecule has 0 bridgehead atoms. The molecule has 20 heavy (non-hydrogen) atoms. The van der Waals surface area contributed by atoms with Gasteiger partial charge in [-0.3, -0.25) is 9.59 Å². The van der Waals surface area contributed by atoms with Crippen LogP contribution >= 0.6 is 0 Å². The number of carbonyl (C=O) groups is 3. The molecule has 1 rings (SSSR count). The Balaban J connectivity index is 3.15. The van der Waals surface area contributed by atoms with Gasteiger partial charge in [-0.2, -0.15) is 0 Å². The lowest BCUT2D eigenvalue weighted by atomic mass is 10.1. The van der Waals surface area contributed by atoms with Crippen LogP contribution in [0, 0.1) is 0 Å². The lowest BCUT2D eigenvalue weighted by Gasteiger charge is -2.24. The van der Waals surface area contributed by atoms with Crippen molar-refractivity contribution in [1.29, 1.82) is 0 Å². The van der Waals surface area contributed by atoms with Gasteiger partial charge in [-0.25, -0.2) is 9.69 Å². The molecule has 6 heteroatoms. The molecule has 0 radical (unpaired) electrons.